The number of anilines is 1. The Bertz CT molecular complexity index is 1180. The standard InChI is InChI=1S/C21H19N5O2S/c1-13-25-26-21(29-13)20(28)24-16-6-4-5-14(11-16)19(27)22-10-9-15-12-23-18-8-3-2-7-17(15)18/h2-8,11-12,23H,9-10H2,1H3,(H,22,27)(H,24,28). The summed E-state index contributed by atoms with van der Waals surface area (Å²) in [6, 6.07) is 14.9. The molecule has 2 heterocycles. The molecule has 0 aliphatic carbocycles. The third-order valence-corrected chi connectivity index (χ3v) is 5.30. The van der Waals surface area contributed by atoms with E-state index in [4.69, 9.17) is 0 Å². The van der Waals surface area contributed by atoms with Crippen molar-refractivity contribution < 1.29 is 9.59 Å². The van der Waals surface area contributed by atoms with Gasteiger partial charge in [0, 0.05) is 34.9 Å². The molecule has 0 radical (unpaired) electrons. The number of aromatic nitrogens is 3. The van der Waals surface area contributed by atoms with Gasteiger partial charge in [0.2, 0.25) is 5.01 Å². The van der Waals surface area contributed by atoms with Gasteiger partial charge >= 0.3 is 0 Å². The van der Waals surface area contributed by atoms with Gasteiger partial charge in [-0.1, -0.05) is 35.6 Å². The maximum atomic E-state index is 12.5. The highest BCUT2D eigenvalue weighted by Gasteiger charge is 2.13. The van der Waals surface area contributed by atoms with E-state index in [9.17, 15) is 9.59 Å². The molecule has 146 valence electrons. The zero-order chi connectivity index (χ0) is 20.2. The summed E-state index contributed by atoms with van der Waals surface area (Å²) in [5, 5.41) is 15.5. The Morgan fingerprint density at radius 1 is 1.07 bits per heavy atom. The fourth-order valence-electron chi connectivity index (χ4n) is 3.06. The number of carbonyl (C=O) groups is 2. The molecule has 0 saturated carbocycles. The first-order valence-corrected chi connectivity index (χ1v) is 9.96. The van der Waals surface area contributed by atoms with Crippen LogP contribution in [-0.4, -0.2) is 33.5 Å². The molecule has 0 atom stereocenters. The van der Waals surface area contributed by atoms with Crippen molar-refractivity contribution >= 4 is 39.7 Å². The van der Waals surface area contributed by atoms with Gasteiger partial charge in [0.05, 0.1) is 0 Å². The van der Waals surface area contributed by atoms with Crippen LogP contribution in [0.25, 0.3) is 10.9 Å². The number of hydrogen-bond acceptors (Lipinski definition) is 5. The molecule has 7 nitrogen and oxygen atoms in total. The molecule has 3 N–H and O–H groups in total. The van der Waals surface area contributed by atoms with Crippen molar-refractivity contribution in [3.05, 3.63) is 75.9 Å². The number of H-pyrrole nitrogens is 1. The van der Waals surface area contributed by atoms with Gasteiger partial charge in [-0.25, -0.2) is 0 Å². The van der Waals surface area contributed by atoms with Crippen molar-refractivity contribution in [3.8, 4) is 0 Å². The van der Waals surface area contributed by atoms with E-state index in [2.05, 4.69) is 31.9 Å². The number of nitrogens with one attached hydrogen (secondary N) is 3. The number of nitrogens with zero attached hydrogens (tertiary/aromatic N) is 2. The molecule has 2 amide bonds. The van der Waals surface area contributed by atoms with Gasteiger partial charge < -0.3 is 15.6 Å². The van der Waals surface area contributed by atoms with E-state index < -0.39 is 0 Å². The van der Waals surface area contributed by atoms with Gasteiger partial charge in [0.1, 0.15) is 5.01 Å². The van der Waals surface area contributed by atoms with E-state index in [0.29, 0.717) is 17.8 Å². The highest BCUT2D eigenvalue weighted by atomic mass is 32.1. The minimum Gasteiger partial charge on any atom is -0.361 e. The Labute approximate surface area is 171 Å². The fourth-order valence-corrected chi connectivity index (χ4v) is 3.65. The van der Waals surface area contributed by atoms with Crippen LogP contribution in [0.15, 0.2) is 54.7 Å². The van der Waals surface area contributed by atoms with Gasteiger partial charge in [0.15, 0.2) is 0 Å². The topological polar surface area (TPSA) is 99.8 Å². The highest BCUT2D eigenvalue weighted by molar-refractivity contribution is 7.13. The minimum absolute atomic E-state index is 0.187. The molecule has 0 unspecified atom stereocenters. The summed E-state index contributed by atoms with van der Waals surface area (Å²) >= 11 is 1.22. The second-order valence-electron chi connectivity index (χ2n) is 6.53. The summed E-state index contributed by atoms with van der Waals surface area (Å²) in [6.07, 6.45) is 2.70. The molecule has 0 aliphatic rings. The zero-order valence-corrected chi connectivity index (χ0v) is 16.5. The highest BCUT2D eigenvalue weighted by Crippen LogP contribution is 2.18. The largest absolute Gasteiger partial charge is 0.361 e. The van der Waals surface area contributed by atoms with Gasteiger partial charge in [-0.05, 0) is 43.2 Å². The van der Waals surface area contributed by atoms with Crippen LogP contribution in [0.1, 0.15) is 30.7 Å². The summed E-state index contributed by atoms with van der Waals surface area (Å²) in [7, 11) is 0. The number of aromatic amines is 1. The quantitative estimate of drug-likeness (QED) is 0.457. The van der Waals surface area contributed by atoms with Gasteiger partial charge in [-0.2, -0.15) is 0 Å². The minimum atomic E-state index is -0.340. The number of hydrogen-bond donors (Lipinski definition) is 3. The van der Waals surface area contributed by atoms with Crippen LogP contribution < -0.4 is 10.6 Å². The second-order valence-corrected chi connectivity index (χ2v) is 7.71. The number of carbonyl (C=O) groups excluding carboxylic acids is 2. The lowest BCUT2D eigenvalue weighted by atomic mass is 10.1. The normalized spacial score (nSPS) is 10.8. The first kappa shape index (κ1) is 18.8. The van der Waals surface area contributed by atoms with Crippen LogP contribution in [0.3, 0.4) is 0 Å². The zero-order valence-electron chi connectivity index (χ0n) is 15.7. The van der Waals surface area contributed by atoms with Crippen LogP contribution >= 0.6 is 11.3 Å². The number of fused-ring (bicyclic) bond motifs is 1. The summed E-state index contributed by atoms with van der Waals surface area (Å²) in [5.74, 6) is -0.528. The summed E-state index contributed by atoms with van der Waals surface area (Å²) in [5.41, 5.74) is 3.26. The molecule has 0 spiro atoms. The number of para-hydroxylation sites is 1. The summed E-state index contributed by atoms with van der Waals surface area (Å²) in [4.78, 5) is 27.9. The maximum Gasteiger partial charge on any atom is 0.286 e. The SMILES string of the molecule is Cc1nnc(C(=O)Nc2cccc(C(=O)NCCc3c[nH]c4ccccc34)c2)s1. The molecule has 2 aromatic heterocycles. The summed E-state index contributed by atoms with van der Waals surface area (Å²) < 4.78 is 0. The molecule has 0 bridgehead atoms. The first-order valence-electron chi connectivity index (χ1n) is 9.15. The van der Waals surface area contributed by atoms with Gasteiger partial charge in [0.25, 0.3) is 11.8 Å². The van der Waals surface area contributed by atoms with Crippen LogP contribution in [0.4, 0.5) is 5.69 Å². The Hall–Kier alpha value is -3.52. The third kappa shape index (κ3) is 4.33. The van der Waals surface area contributed by atoms with E-state index >= 15 is 0 Å². The predicted octanol–water partition coefficient (Wildman–Crippen LogP) is 3.55. The second kappa shape index (κ2) is 8.24. The van der Waals surface area contributed by atoms with Crippen LogP contribution in [0, 0.1) is 6.92 Å². The van der Waals surface area contributed by atoms with Crippen molar-refractivity contribution in [2.45, 2.75) is 13.3 Å². The molecule has 0 fully saturated rings. The maximum absolute atomic E-state index is 12.5. The summed E-state index contributed by atoms with van der Waals surface area (Å²) in [6.45, 7) is 2.30. The van der Waals surface area contributed by atoms with E-state index in [0.717, 1.165) is 22.5 Å². The Balaban J connectivity index is 1.36. The Kier molecular flexibility index (Phi) is 5.35. The lowest BCUT2D eigenvalue weighted by Crippen LogP contribution is -2.25. The molecule has 8 heteroatoms. The van der Waals surface area contributed by atoms with E-state index in [1.807, 2.05) is 24.4 Å². The van der Waals surface area contributed by atoms with Crippen LogP contribution in [-0.2, 0) is 6.42 Å². The molecule has 29 heavy (non-hydrogen) atoms. The molecular formula is C21H19N5O2S. The number of aryl methyl sites for hydroxylation is 1. The van der Waals surface area contributed by atoms with Crippen molar-refractivity contribution in [2.75, 3.05) is 11.9 Å². The van der Waals surface area contributed by atoms with E-state index in [1.54, 1.807) is 31.2 Å². The molecule has 4 aromatic rings. The van der Waals surface area contributed by atoms with Crippen molar-refractivity contribution in [3.63, 3.8) is 0 Å². The monoisotopic (exact) mass is 405 g/mol. The molecule has 4 rings (SSSR count). The lowest BCUT2D eigenvalue weighted by Gasteiger charge is -2.07. The smallest absolute Gasteiger partial charge is 0.286 e. The molecule has 0 saturated heterocycles. The fraction of sp³-hybridized carbons (Fsp3) is 0.143. The average molecular weight is 405 g/mol. The number of rotatable bonds is 6. The van der Waals surface area contributed by atoms with Gasteiger partial charge in [-0.3, -0.25) is 9.59 Å². The van der Waals surface area contributed by atoms with Crippen LogP contribution in [0.2, 0.25) is 0 Å². The molecular weight excluding hydrogens is 386 g/mol. The van der Waals surface area contributed by atoms with Crippen LogP contribution in [0.5, 0.6) is 0 Å². The number of amides is 2. The number of benzene rings is 2. The predicted molar refractivity (Wildman–Crippen MR) is 113 cm³/mol. The van der Waals surface area contributed by atoms with E-state index in [-0.39, 0.29) is 16.8 Å². The van der Waals surface area contributed by atoms with E-state index in [1.165, 1.54) is 16.7 Å². The van der Waals surface area contributed by atoms with Crippen molar-refractivity contribution in [2.24, 2.45) is 0 Å². The third-order valence-electron chi connectivity index (χ3n) is 4.46. The Morgan fingerprint density at radius 2 is 1.93 bits per heavy atom. The van der Waals surface area contributed by atoms with Crippen molar-refractivity contribution in [1.82, 2.24) is 20.5 Å². The lowest BCUT2D eigenvalue weighted by molar-refractivity contribution is 0.0952. The van der Waals surface area contributed by atoms with Crippen molar-refractivity contribution in [1.29, 1.82) is 0 Å². The van der Waals surface area contributed by atoms with Gasteiger partial charge in [-0.15, -0.1) is 10.2 Å². The molecule has 0 aliphatic heterocycles. The average Bonchev–Trinajstić information content (AvgIpc) is 3.35. The molecule has 2 aromatic carbocycles. The first-order chi connectivity index (χ1) is 14.1. The Morgan fingerprint density at radius 3 is 2.76 bits per heavy atom.